The van der Waals surface area contributed by atoms with Crippen molar-refractivity contribution in [2.24, 2.45) is 5.92 Å². The van der Waals surface area contributed by atoms with Crippen molar-refractivity contribution in [2.75, 3.05) is 24.5 Å². The van der Waals surface area contributed by atoms with Gasteiger partial charge in [0.25, 0.3) is 0 Å². The van der Waals surface area contributed by atoms with Gasteiger partial charge in [-0.2, -0.15) is 0 Å². The summed E-state index contributed by atoms with van der Waals surface area (Å²) in [7, 11) is 0. The maximum absolute atomic E-state index is 12.8. The lowest BCUT2D eigenvalue weighted by Gasteiger charge is -2.28. The molecule has 4 rings (SSSR count). The largest absolute Gasteiger partial charge is 0.340 e. The van der Waals surface area contributed by atoms with Crippen LogP contribution in [0.25, 0.3) is 11.3 Å². The summed E-state index contributed by atoms with van der Waals surface area (Å²) in [5.41, 5.74) is 2.99. The molecule has 1 aliphatic carbocycles. The average Bonchev–Trinajstić information content (AvgIpc) is 3.49. The van der Waals surface area contributed by atoms with Gasteiger partial charge >= 0.3 is 0 Å². The van der Waals surface area contributed by atoms with Gasteiger partial charge in [0, 0.05) is 31.1 Å². The number of hydrogen-bond acceptors (Lipinski definition) is 4. The number of amides is 1. The number of carbonyl (C=O) groups is 1. The third-order valence-electron chi connectivity index (χ3n) is 5.54. The summed E-state index contributed by atoms with van der Waals surface area (Å²) in [4.78, 5) is 17.1. The molecule has 0 unspecified atom stereocenters. The Morgan fingerprint density at radius 3 is 2.59 bits per heavy atom. The summed E-state index contributed by atoms with van der Waals surface area (Å²) in [6.45, 7) is 5.50. The van der Waals surface area contributed by atoms with Crippen LogP contribution in [0.15, 0.2) is 34.9 Å². The third-order valence-corrected chi connectivity index (χ3v) is 5.54. The SMILES string of the molecule is CCCN(Cc1c(-c2ccccc2)noc1N1CCCCC1)C(=O)C1CC1. The first kappa shape index (κ1) is 18.1. The van der Waals surface area contributed by atoms with Crippen LogP contribution < -0.4 is 4.90 Å². The fourth-order valence-corrected chi connectivity index (χ4v) is 3.93. The second kappa shape index (κ2) is 8.15. The van der Waals surface area contributed by atoms with Gasteiger partial charge in [-0.15, -0.1) is 0 Å². The highest BCUT2D eigenvalue weighted by Gasteiger charge is 2.34. The van der Waals surface area contributed by atoms with E-state index < -0.39 is 0 Å². The molecular weight excluding hydrogens is 338 g/mol. The number of piperidine rings is 1. The smallest absolute Gasteiger partial charge is 0.232 e. The van der Waals surface area contributed by atoms with Crippen molar-refractivity contribution in [1.29, 1.82) is 0 Å². The zero-order chi connectivity index (χ0) is 18.6. The molecule has 2 aliphatic rings. The van der Waals surface area contributed by atoms with Gasteiger partial charge in [-0.25, -0.2) is 0 Å². The summed E-state index contributed by atoms with van der Waals surface area (Å²) < 4.78 is 5.86. The standard InChI is InChI=1S/C22H29N3O2/c1-2-13-25(21(26)18-11-12-18)16-19-20(17-9-5-3-6-10-17)23-27-22(19)24-14-7-4-8-15-24/h3,5-6,9-10,18H,2,4,7-8,11-16H2,1H3. The molecule has 0 N–H and O–H groups in total. The van der Waals surface area contributed by atoms with Crippen molar-refractivity contribution in [2.45, 2.75) is 52.0 Å². The van der Waals surface area contributed by atoms with Crippen molar-refractivity contribution in [3.05, 3.63) is 35.9 Å². The third kappa shape index (κ3) is 4.02. The minimum absolute atomic E-state index is 0.232. The fraction of sp³-hybridized carbons (Fsp3) is 0.545. The van der Waals surface area contributed by atoms with E-state index in [-0.39, 0.29) is 5.92 Å². The predicted molar refractivity (Wildman–Crippen MR) is 106 cm³/mol. The predicted octanol–water partition coefficient (Wildman–Crippen LogP) is 4.48. The summed E-state index contributed by atoms with van der Waals surface area (Å²) in [5, 5.41) is 4.44. The second-order valence-corrected chi connectivity index (χ2v) is 7.76. The number of anilines is 1. The number of carbonyl (C=O) groups excluding carboxylic acids is 1. The van der Waals surface area contributed by atoms with Crippen molar-refractivity contribution < 1.29 is 9.32 Å². The molecule has 1 amide bonds. The van der Waals surface area contributed by atoms with Gasteiger partial charge in [-0.3, -0.25) is 4.79 Å². The van der Waals surface area contributed by atoms with Gasteiger partial charge in [0.1, 0.15) is 5.69 Å². The van der Waals surface area contributed by atoms with Gasteiger partial charge < -0.3 is 14.3 Å². The average molecular weight is 367 g/mol. The molecule has 1 aromatic heterocycles. The Hall–Kier alpha value is -2.30. The molecule has 27 heavy (non-hydrogen) atoms. The minimum Gasteiger partial charge on any atom is -0.340 e. The Bertz CT molecular complexity index is 761. The maximum Gasteiger partial charge on any atom is 0.232 e. The van der Waals surface area contributed by atoms with Crippen LogP contribution in [0.3, 0.4) is 0 Å². The molecule has 0 atom stereocenters. The van der Waals surface area contributed by atoms with Crippen molar-refractivity contribution >= 4 is 11.8 Å². The highest BCUT2D eigenvalue weighted by Crippen LogP contribution is 2.36. The topological polar surface area (TPSA) is 49.6 Å². The van der Waals surface area contributed by atoms with E-state index in [0.717, 1.165) is 61.6 Å². The monoisotopic (exact) mass is 367 g/mol. The zero-order valence-corrected chi connectivity index (χ0v) is 16.2. The zero-order valence-electron chi connectivity index (χ0n) is 16.2. The van der Waals surface area contributed by atoms with E-state index >= 15 is 0 Å². The van der Waals surface area contributed by atoms with Crippen molar-refractivity contribution in [1.82, 2.24) is 10.1 Å². The molecule has 2 fully saturated rings. The quantitative estimate of drug-likeness (QED) is 0.724. The summed E-state index contributed by atoms with van der Waals surface area (Å²) in [5.74, 6) is 1.38. The Balaban J connectivity index is 1.68. The van der Waals surface area contributed by atoms with E-state index in [9.17, 15) is 4.79 Å². The van der Waals surface area contributed by atoms with Crippen molar-refractivity contribution in [3.63, 3.8) is 0 Å². The Morgan fingerprint density at radius 1 is 1.19 bits per heavy atom. The molecule has 2 aromatic rings. The van der Waals surface area contributed by atoms with Crippen LogP contribution in [0.4, 0.5) is 5.88 Å². The first-order valence-electron chi connectivity index (χ1n) is 10.4. The van der Waals surface area contributed by atoms with Crippen LogP contribution >= 0.6 is 0 Å². The first-order valence-corrected chi connectivity index (χ1v) is 10.4. The van der Waals surface area contributed by atoms with Gasteiger partial charge in [0.05, 0.1) is 12.1 Å². The first-order chi connectivity index (χ1) is 13.3. The van der Waals surface area contributed by atoms with Crippen LogP contribution in [0.2, 0.25) is 0 Å². The van der Waals surface area contributed by atoms with E-state index in [0.29, 0.717) is 12.5 Å². The fourth-order valence-electron chi connectivity index (χ4n) is 3.93. The number of rotatable bonds is 7. The highest BCUT2D eigenvalue weighted by atomic mass is 16.5. The minimum atomic E-state index is 0.232. The molecule has 0 bridgehead atoms. The molecule has 5 heteroatoms. The van der Waals surface area contributed by atoms with Crippen LogP contribution in [-0.4, -0.2) is 35.6 Å². The molecule has 0 radical (unpaired) electrons. The maximum atomic E-state index is 12.8. The second-order valence-electron chi connectivity index (χ2n) is 7.76. The number of nitrogens with zero attached hydrogens (tertiary/aromatic N) is 3. The Labute approximate surface area is 161 Å². The highest BCUT2D eigenvalue weighted by molar-refractivity contribution is 5.81. The summed E-state index contributed by atoms with van der Waals surface area (Å²) in [6, 6.07) is 10.2. The van der Waals surface area contributed by atoms with E-state index in [1.165, 1.54) is 19.3 Å². The van der Waals surface area contributed by atoms with Crippen LogP contribution in [0, 0.1) is 5.92 Å². The molecule has 1 aromatic carbocycles. The number of benzene rings is 1. The molecule has 144 valence electrons. The van der Waals surface area contributed by atoms with Crippen LogP contribution in [0.1, 0.15) is 51.0 Å². The lowest BCUT2D eigenvalue weighted by atomic mass is 10.1. The number of hydrogen-bond donors (Lipinski definition) is 0. The van der Waals surface area contributed by atoms with E-state index in [1.807, 2.05) is 23.1 Å². The van der Waals surface area contributed by atoms with Gasteiger partial charge in [-0.05, 0) is 38.5 Å². The van der Waals surface area contributed by atoms with Crippen LogP contribution in [-0.2, 0) is 11.3 Å². The van der Waals surface area contributed by atoms with E-state index in [4.69, 9.17) is 4.52 Å². The molecular formula is C22H29N3O2. The van der Waals surface area contributed by atoms with E-state index in [1.54, 1.807) is 0 Å². The van der Waals surface area contributed by atoms with Gasteiger partial charge in [-0.1, -0.05) is 42.4 Å². The molecule has 1 saturated carbocycles. The normalized spacial score (nSPS) is 17.1. The van der Waals surface area contributed by atoms with Gasteiger partial charge in [0.15, 0.2) is 0 Å². The molecule has 5 nitrogen and oxygen atoms in total. The summed E-state index contributed by atoms with van der Waals surface area (Å²) in [6.07, 6.45) is 6.67. The summed E-state index contributed by atoms with van der Waals surface area (Å²) >= 11 is 0. The molecule has 0 spiro atoms. The lowest BCUT2D eigenvalue weighted by Crippen LogP contribution is -2.34. The Morgan fingerprint density at radius 2 is 1.93 bits per heavy atom. The lowest BCUT2D eigenvalue weighted by molar-refractivity contribution is -0.133. The molecule has 2 heterocycles. The molecule has 1 aliphatic heterocycles. The van der Waals surface area contributed by atoms with Crippen LogP contribution in [0.5, 0.6) is 0 Å². The molecule has 1 saturated heterocycles. The van der Waals surface area contributed by atoms with E-state index in [2.05, 4.69) is 29.1 Å². The number of aromatic nitrogens is 1. The Kier molecular flexibility index (Phi) is 5.46. The van der Waals surface area contributed by atoms with Gasteiger partial charge in [0.2, 0.25) is 11.8 Å². The van der Waals surface area contributed by atoms with Crippen molar-refractivity contribution in [3.8, 4) is 11.3 Å².